The normalized spacial score (nSPS) is 11.6. The number of benzene rings is 10. The van der Waals surface area contributed by atoms with Crippen LogP contribution in [0.1, 0.15) is 11.1 Å². The second-order valence-corrected chi connectivity index (χ2v) is 17.1. The zero-order chi connectivity index (χ0) is 44.6. The van der Waals surface area contributed by atoms with Crippen LogP contribution in [-0.2, 0) is 0 Å². The fourth-order valence-corrected chi connectivity index (χ4v) is 10.6. The number of rotatable bonds is 6. The smallest absolute Gasteiger partial charge is 0.0998 e. The summed E-state index contributed by atoms with van der Waals surface area (Å²) >= 11 is 0. The lowest BCUT2D eigenvalue weighted by molar-refractivity contribution is 1.16. The Labute approximate surface area is 386 Å². The molecule has 0 bridgehead atoms. The van der Waals surface area contributed by atoms with E-state index >= 15 is 0 Å². The molecule has 5 nitrogen and oxygen atoms in total. The lowest BCUT2D eigenvalue weighted by Crippen LogP contribution is -2.00. The lowest BCUT2D eigenvalue weighted by atomic mass is 9.85. The van der Waals surface area contributed by atoms with Crippen molar-refractivity contribution >= 4 is 65.4 Å². The molecule has 0 aliphatic carbocycles. The quantitative estimate of drug-likeness (QED) is 0.167. The van der Waals surface area contributed by atoms with Gasteiger partial charge >= 0.3 is 0 Å². The minimum Gasteiger partial charge on any atom is -0.309 e. The maximum absolute atomic E-state index is 10.6. The highest BCUT2D eigenvalue weighted by Crippen LogP contribution is 2.46. The number of para-hydroxylation sites is 4. The molecule has 0 fully saturated rings. The number of aromatic nitrogens is 3. The van der Waals surface area contributed by atoms with Crippen LogP contribution in [0.4, 0.5) is 0 Å². The van der Waals surface area contributed by atoms with Crippen LogP contribution in [0, 0.1) is 22.7 Å². The Morgan fingerprint density at radius 3 is 1.09 bits per heavy atom. The van der Waals surface area contributed by atoms with Gasteiger partial charge in [-0.1, -0.05) is 140 Å². The standard InChI is InChI=1S/C62H37N5/c63-38-40-27-30-47(43(33-40)39-64)62-52(41-15-3-1-4-16-41)36-46(37-53(62)42-17-5-2-6-18-42)67-60-31-28-44(65-56-23-11-7-19-48(56)49-20-8-12-24-57(49)65)34-54(60)55-35-45(29-32-61(55)67)66-58-25-13-9-21-50(58)51-22-10-14-26-59(51)66/h1-37H. The molecule has 0 atom stereocenters. The topological polar surface area (TPSA) is 62.4 Å². The molecule has 3 heterocycles. The number of hydrogen-bond donors (Lipinski definition) is 0. The second kappa shape index (κ2) is 15.1. The monoisotopic (exact) mass is 851 g/mol. The molecule has 0 saturated heterocycles. The number of nitriles is 2. The van der Waals surface area contributed by atoms with E-state index in [2.05, 4.69) is 220 Å². The van der Waals surface area contributed by atoms with Gasteiger partial charge in [0, 0.05) is 54.9 Å². The molecule has 310 valence electrons. The fourth-order valence-electron chi connectivity index (χ4n) is 10.6. The first-order valence-electron chi connectivity index (χ1n) is 22.5. The first-order chi connectivity index (χ1) is 33.2. The van der Waals surface area contributed by atoms with Gasteiger partial charge in [-0.2, -0.15) is 10.5 Å². The lowest BCUT2D eigenvalue weighted by Gasteiger charge is -2.21. The molecule has 0 unspecified atom stereocenters. The van der Waals surface area contributed by atoms with Gasteiger partial charge < -0.3 is 13.7 Å². The third-order valence-electron chi connectivity index (χ3n) is 13.5. The van der Waals surface area contributed by atoms with E-state index in [1.165, 1.54) is 21.5 Å². The predicted octanol–water partition coefficient (Wildman–Crippen LogP) is 15.7. The van der Waals surface area contributed by atoms with Gasteiger partial charge in [-0.15, -0.1) is 0 Å². The summed E-state index contributed by atoms with van der Waals surface area (Å²) < 4.78 is 7.19. The Hall–Kier alpha value is -9.42. The van der Waals surface area contributed by atoms with Crippen molar-refractivity contribution in [1.82, 2.24) is 13.7 Å². The van der Waals surface area contributed by atoms with E-state index in [1.807, 2.05) is 24.3 Å². The van der Waals surface area contributed by atoms with Crippen molar-refractivity contribution in [3.05, 3.63) is 236 Å². The highest BCUT2D eigenvalue weighted by atomic mass is 15.0. The molecule has 67 heavy (non-hydrogen) atoms. The second-order valence-electron chi connectivity index (χ2n) is 17.1. The average molecular weight is 852 g/mol. The summed E-state index contributed by atoms with van der Waals surface area (Å²) in [5.74, 6) is 0. The van der Waals surface area contributed by atoms with Crippen LogP contribution in [0.25, 0.3) is 116 Å². The summed E-state index contributed by atoms with van der Waals surface area (Å²) in [6.07, 6.45) is 0. The van der Waals surface area contributed by atoms with Crippen molar-refractivity contribution in [2.75, 3.05) is 0 Å². The molecule has 0 aliphatic heterocycles. The molecule has 0 aliphatic rings. The molecule has 0 saturated carbocycles. The summed E-state index contributed by atoms with van der Waals surface area (Å²) in [5, 5.41) is 27.6. The van der Waals surface area contributed by atoms with Gasteiger partial charge in [0.25, 0.3) is 0 Å². The number of fused-ring (bicyclic) bond motifs is 9. The third-order valence-corrected chi connectivity index (χ3v) is 13.5. The molecule has 13 rings (SSSR count). The van der Waals surface area contributed by atoms with Crippen molar-refractivity contribution in [3.8, 4) is 62.6 Å². The summed E-state index contributed by atoms with van der Waals surface area (Å²) in [5.41, 5.74) is 16.6. The first kappa shape index (κ1) is 38.1. The Kier molecular flexibility index (Phi) is 8.58. The van der Waals surface area contributed by atoms with Crippen molar-refractivity contribution < 1.29 is 0 Å². The summed E-state index contributed by atoms with van der Waals surface area (Å²) in [6, 6.07) is 84.0. The number of nitrogens with zero attached hydrogens (tertiary/aromatic N) is 5. The molecule has 3 aromatic heterocycles. The fraction of sp³-hybridized carbons (Fsp3) is 0. The maximum Gasteiger partial charge on any atom is 0.0998 e. The van der Waals surface area contributed by atoms with Crippen molar-refractivity contribution in [2.24, 2.45) is 0 Å². The predicted molar refractivity (Wildman–Crippen MR) is 275 cm³/mol. The van der Waals surface area contributed by atoms with Crippen molar-refractivity contribution in [1.29, 1.82) is 10.5 Å². The minimum absolute atomic E-state index is 0.449. The van der Waals surface area contributed by atoms with Gasteiger partial charge in [0.1, 0.15) is 0 Å². The van der Waals surface area contributed by atoms with Gasteiger partial charge in [0.2, 0.25) is 0 Å². The molecule has 5 heteroatoms. The first-order valence-corrected chi connectivity index (χ1v) is 22.5. The van der Waals surface area contributed by atoms with E-state index in [9.17, 15) is 10.5 Å². The van der Waals surface area contributed by atoms with Gasteiger partial charge in [-0.05, 0) is 113 Å². The Morgan fingerprint density at radius 2 is 0.672 bits per heavy atom. The molecular formula is C62H37N5. The van der Waals surface area contributed by atoms with E-state index < -0.39 is 0 Å². The highest BCUT2D eigenvalue weighted by molar-refractivity contribution is 6.14. The summed E-state index contributed by atoms with van der Waals surface area (Å²) in [4.78, 5) is 0. The number of hydrogen-bond acceptors (Lipinski definition) is 2. The largest absolute Gasteiger partial charge is 0.309 e. The highest BCUT2D eigenvalue weighted by Gasteiger charge is 2.23. The van der Waals surface area contributed by atoms with E-state index in [-0.39, 0.29) is 0 Å². The Morgan fingerprint density at radius 1 is 0.284 bits per heavy atom. The van der Waals surface area contributed by atoms with Crippen LogP contribution in [0.15, 0.2) is 224 Å². The molecule has 0 spiro atoms. The molecule has 0 N–H and O–H groups in total. The van der Waals surface area contributed by atoms with E-state index in [0.717, 1.165) is 94.3 Å². The van der Waals surface area contributed by atoms with Crippen molar-refractivity contribution in [3.63, 3.8) is 0 Å². The van der Waals surface area contributed by atoms with Crippen LogP contribution >= 0.6 is 0 Å². The van der Waals surface area contributed by atoms with Gasteiger partial charge in [-0.25, -0.2) is 0 Å². The van der Waals surface area contributed by atoms with Crippen LogP contribution < -0.4 is 0 Å². The minimum atomic E-state index is 0.449. The summed E-state index contributed by atoms with van der Waals surface area (Å²) in [6.45, 7) is 0. The van der Waals surface area contributed by atoms with E-state index in [4.69, 9.17) is 0 Å². The zero-order valence-electron chi connectivity index (χ0n) is 36.1. The van der Waals surface area contributed by atoms with Crippen LogP contribution in [-0.4, -0.2) is 13.7 Å². The average Bonchev–Trinajstić information content (AvgIpc) is 4.04. The summed E-state index contributed by atoms with van der Waals surface area (Å²) in [7, 11) is 0. The van der Waals surface area contributed by atoms with Crippen LogP contribution in [0.5, 0.6) is 0 Å². The third kappa shape index (κ3) is 5.86. The molecule has 10 aromatic carbocycles. The zero-order valence-corrected chi connectivity index (χ0v) is 36.1. The van der Waals surface area contributed by atoms with E-state index in [1.54, 1.807) is 6.07 Å². The van der Waals surface area contributed by atoms with Crippen LogP contribution in [0.3, 0.4) is 0 Å². The van der Waals surface area contributed by atoms with E-state index in [0.29, 0.717) is 11.1 Å². The SMILES string of the molecule is N#Cc1ccc(-c2c(-c3ccccc3)cc(-n3c4ccc(-n5c6ccccc6c6ccccc65)cc4c4cc(-n5c6ccccc6c6ccccc65)ccc43)cc2-c2ccccc2)c(C#N)c1. The van der Waals surface area contributed by atoms with Crippen LogP contribution in [0.2, 0.25) is 0 Å². The Bertz CT molecular complexity index is 3890. The maximum atomic E-state index is 10.6. The van der Waals surface area contributed by atoms with Crippen molar-refractivity contribution in [2.45, 2.75) is 0 Å². The van der Waals surface area contributed by atoms with Gasteiger partial charge in [0.15, 0.2) is 0 Å². The molecule has 0 amide bonds. The molecular weight excluding hydrogens is 815 g/mol. The molecule has 13 aromatic rings. The van der Waals surface area contributed by atoms with Gasteiger partial charge in [0.05, 0.1) is 56.4 Å². The molecule has 0 radical (unpaired) electrons. The van der Waals surface area contributed by atoms with Gasteiger partial charge in [-0.3, -0.25) is 0 Å². The Balaban J connectivity index is 1.15.